The van der Waals surface area contributed by atoms with E-state index in [0.717, 1.165) is 27.9 Å². The average molecular weight is 259 g/mol. The summed E-state index contributed by atoms with van der Waals surface area (Å²) in [4.78, 5) is 12.5. The molecule has 0 saturated heterocycles. The lowest BCUT2D eigenvalue weighted by Crippen LogP contribution is -1.86. The number of pyridine rings is 1. The minimum absolute atomic E-state index is 0.865. The molecule has 0 aliphatic rings. The second-order valence-corrected chi connectivity index (χ2v) is 4.97. The molecular weight excluding hydrogens is 246 g/mol. The van der Waals surface area contributed by atoms with E-state index in [1.165, 1.54) is 10.9 Å². The lowest BCUT2D eigenvalue weighted by molar-refractivity contribution is 1.30. The zero-order chi connectivity index (χ0) is 13.5. The van der Waals surface area contributed by atoms with Gasteiger partial charge in [-0.15, -0.1) is 0 Å². The molecule has 2 heterocycles. The van der Waals surface area contributed by atoms with Crippen LogP contribution in [0.1, 0.15) is 5.56 Å². The quantitative estimate of drug-likeness (QED) is 0.559. The van der Waals surface area contributed by atoms with Gasteiger partial charge in [-0.1, -0.05) is 24.3 Å². The van der Waals surface area contributed by atoms with E-state index < -0.39 is 0 Å². The van der Waals surface area contributed by atoms with Crippen LogP contribution in [0.5, 0.6) is 0 Å². The zero-order valence-electron chi connectivity index (χ0n) is 11.1. The van der Waals surface area contributed by atoms with Crippen LogP contribution < -0.4 is 0 Å². The second-order valence-electron chi connectivity index (χ2n) is 4.97. The molecule has 0 radical (unpaired) electrons. The zero-order valence-corrected chi connectivity index (χ0v) is 11.1. The number of hydrogen-bond acceptors (Lipinski definition) is 2. The van der Waals surface area contributed by atoms with Crippen molar-refractivity contribution in [2.24, 2.45) is 0 Å². The van der Waals surface area contributed by atoms with Crippen LogP contribution in [0.4, 0.5) is 0 Å². The molecule has 2 aromatic heterocycles. The van der Waals surface area contributed by atoms with Crippen LogP contribution in [-0.2, 0) is 0 Å². The molecule has 3 nitrogen and oxygen atoms in total. The molecule has 96 valence electrons. The van der Waals surface area contributed by atoms with Gasteiger partial charge in [0.1, 0.15) is 5.82 Å². The van der Waals surface area contributed by atoms with Gasteiger partial charge in [0.15, 0.2) is 0 Å². The van der Waals surface area contributed by atoms with Crippen LogP contribution >= 0.6 is 0 Å². The van der Waals surface area contributed by atoms with Crippen LogP contribution in [0.2, 0.25) is 0 Å². The Bertz CT molecular complexity index is 889. The predicted octanol–water partition coefficient (Wildman–Crippen LogP) is 4.09. The van der Waals surface area contributed by atoms with Gasteiger partial charge in [0.2, 0.25) is 0 Å². The van der Waals surface area contributed by atoms with E-state index in [1.807, 2.05) is 42.6 Å². The first-order valence-electron chi connectivity index (χ1n) is 6.62. The van der Waals surface area contributed by atoms with E-state index in [2.05, 4.69) is 34.0 Å². The molecule has 20 heavy (non-hydrogen) atoms. The van der Waals surface area contributed by atoms with Gasteiger partial charge in [0.25, 0.3) is 0 Å². The van der Waals surface area contributed by atoms with Crippen LogP contribution in [0.3, 0.4) is 0 Å². The number of aromatic amines is 1. The fourth-order valence-corrected chi connectivity index (χ4v) is 2.52. The lowest BCUT2D eigenvalue weighted by atomic mass is 10.1. The predicted molar refractivity (Wildman–Crippen MR) is 81.6 cm³/mol. The molecule has 0 fully saturated rings. The molecule has 4 rings (SSSR count). The third kappa shape index (κ3) is 1.67. The van der Waals surface area contributed by atoms with Crippen molar-refractivity contribution < 1.29 is 0 Å². The summed E-state index contributed by atoms with van der Waals surface area (Å²) in [7, 11) is 0. The number of benzene rings is 2. The molecule has 2 aromatic carbocycles. The topological polar surface area (TPSA) is 41.6 Å². The van der Waals surface area contributed by atoms with E-state index in [4.69, 9.17) is 0 Å². The molecule has 0 amide bonds. The molecule has 4 aromatic rings. The summed E-state index contributed by atoms with van der Waals surface area (Å²) >= 11 is 0. The van der Waals surface area contributed by atoms with Crippen molar-refractivity contribution in [2.45, 2.75) is 6.92 Å². The first-order valence-corrected chi connectivity index (χ1v) is 6.62. The number of nitrogens with one attached hydrogen (secondary N) is 1. The van der Waals surface area contributed by atoms with Crippen molar-refractivity contribution in [3.63, 3.8) is 0 Å². The summed E-state index contributed by atoms with van der Waals surface area (Å²) in [6.45, 7) is 2.10. The van der Waals surface area contributed by atoms with Crippen molar-refractivity contribution in [1.82, 2.24) is 15.0 Å². The fraction of sp³-hybridized carbons (Fsp3) is 0.0588. The molecule has 0 aliphatic carbocycles. The van der Waals surface area contributed by atoms with Gasteiger partial charge in [-0.3, -0.25) is 4.98 Å². The third-order valence-corrected chi connectivity index (χ3v) is 3.61. The summed E-state index contributed by atoms with van der Waals surface area (Å²) < 4.78 is 0. The van der Waals surface area contributed by atoms with Crippen LogP contribution in [-0.4, -0.2) is 15.0 Å². The van der Waals surface area contributed by atoms with E-state index in [-0.39, 0.29) is 0 Å². The minimum Gasteiger partial charge on any atom is -0.338 e. The number of aryl methyl sites for hydroxylation is 1. The van der Waals surface area contributed by atoms with Crippen molar-refractivity contribution >= 4 is 21.9 Å². The Morgan fingerprint density at radius 1 is 0.950 bits per heavy atom. The summed E-state index contributed by atoms with van der Waals surface area (Å²) in [6, 6.07) is 16.4. The van der Waals surface area contributed by atoms with Crippen molar-refractivity contribution in [3.05, 3.63) is 60.3 Å². The van der Waals surface area contributed by atoms with Gasteiger partial charge >= 0.3 is 0 Å². The van der Waals surface area contributed by atoms with Crippen LogP contribution in [0.15, 0.2) is 54.7 Å². The lowest BCUT2D eigenvalue weighted by Gasteiger charge is -2.03. The van der Waals surface area contributed by atoms with E-state index in [0.29, 0.717) is 0 Å². The highest BCUT2D eigenvalue weighted by Crippen LogP contribution is 2.24. The van der Waals surface area contributed by atoms with Crippen molar-refractivity contribution in [3.8, 4) is 11.4 Å². The number of para-hydroxylation sites is 2. The van der Waals surface area contributed by atoms with Gasteiger partial charge in [-0.05, 0) is 36.8 Å². The maximum Gasteiger partial charge on any atom is 0.140 e. The molecule has 1 N–H and O–H groups in total. The number of aromatic nitrogens is 3. The third-order valence-electron chi connectivity index (χ3n) is 3.61. The molecule has 3 heteroatoms. The highest BCUT2D eigenvalue weighted by atomic mass is 14.9. The average Bonchev–Trinajstić information content (AvgIpc) is 2.91. The summed E-state index contributed by atoms with van der Waals surface area (Å²) in [5, 5.41) is 1.17. The highest BCUT2D eigenvalue weighted by Gasteiger charge is 2.07. The smallest absolute Gasteiger partial charge is 0.140 e. The molecule has 0 spiro atoms. The number of hydrogen-bond donors (Lipinski definition) is 1. The van der Waals surface area contributed by atoms with Crippen LogP contribution in [0, 0.1) is 6.92 Å². The molecule has 0 bridgehead atoms. The Balaban J connectivity index is 1.95. The fourth-order valence-electron chi connectivity index (χ4n) is 2.52. The summed E-state index contributed by atoms with van der Waals surface area (Å²) in [6.07, 6.45) is 1.87. The maximum atomic E-state index is 4.62. The number of rotatable bonds is 1. The maximum absolute atomic E-state index is 4.62. The minimum atomic E-state index is 0.865. The molecule has 0 unspecified atom stereocenters. The highest BCUT2D eigenvalue weighted by molar-refractivity contribution is 5.87. The number of nitrogens with zero attached hydrogens (tertiary/aromatic N) is 2. The van der Waals surface area contributed by atoms with Crippen molar-refractivity contribution in [2.75, 3.05) is 0 Å². The molecule has 0 aliphatic heterocycles. The summed E-state index contributed by atoms with van der Waals surface area (Å²) in [5.41, 5.74) is 5.29. The Kier molecular flexibility index (Phi) is 2.33. The largest absolute Gasteiger partial charge is 0.338 e. The number of H-pyrrole nitrogens is 1. The van der Waals surface area contributed by atoms with Gasteiger partial charge in [0.05, 0.1) is 16.6 Å². The molecule has 0 saturated carbocycles. The first-order chi connectivity index (χ1) is 9.81. The van der Waals surface area contributed by atoms with Gasteiger partial charge in [-0.25, -0.2) is 4.98 Å². The van der Waals surface area contributed by atoms with Crippen LogP contribution in [0.25, 0.3) is 33.3 Å². The Hall–Kier alpha value is -2.68. The van der Waals surface area contributed by atoms with Gasteiger partial charge in [-0.2, -0.15) is 0 Å². The molecular formula is C17H13N3. The number of imidazole rings is 1. The Labute approximate surface area is 116 Å². The second kappa shape index (κ2) is 4.17. The number of fused-ring (bicyclic) bond motifs is 2. The normalized spacial score (nSPS) is 11.2. The monoisotopic (exact) mass is 259 g/mol. The summed E-state index contributed by atoms with van der Waals surface area (Å²) in [5.74, 6) is 0.865. The van der Waals surface area contributed by atoms with E-state index >= 15 is 0 Å². The Morgan fingerprint density at radius 2 is 1.80 bits per heavy atom. The van der Waals surface area contributed by atoms with Crippen molar-refractivity contribution in [1.29, 1.82) is 0 Å². The van der Waals surface area contributed by atoms with E-state index in [1.54, 1.807) is 0 Å². The molecule has 0 atom stereocenters. The van der Waals surface area contributed by atoms with E-state index in [9.17, 15) is 0 Å². The SMILES string of the molecule is Cc1cccc2ncc(-c3nc4ccccc4[nH]3)cc12. The first kappa shape index (κ1) is 11.2. The van der Waals surface area contributed by atoms with Gasteiger partial charge < -0.3 is 4.98 Å². The van der Waals surface area contributed by atoms with Gasteiger partial charge in [0, 0.05) is 17.1 Å². The standard InChI is InChI=1S/C17H13N3/c1-11-5-4-8-14-13(11)9-12(10-18-14)17-19-15-6-2-3-7-16(15)20-17/h2-10H,1H3,(H,19,20). The Morgan fingerprint density at radius 3 is 2.70 bits per heavy atom.